The zero-order valence-electron chi connectivity index (χ0n) is 12.6. The van der Waals surface area contributed by atoms with Crippen LogP contribution in [0.2, 0.25) is 5.02 Å². The number of hydrogen-bond donors (Lipinski definition) is 1. The van der Waals surface area contributed by atoms with E-state index in [4.69, 9.17) is 16.3 Å². The van der Waals surface area contributed by atoms with Gasteiger partial charge in [0.05, 0.1) is 6.04 Å². The average Bonchev–Trinajstić information content (AvgIpc) is 3.09. The average molecular weight is 314 g/mol. The zero-order chi connectivity index (χ0) is 15.6. The Bertz CT molecular complexity index is 523. The van der Waals surface area contributed by atoms with Gasteiger partial charge in [0.2, 0.25) is 0 Å². The van der Waals surface area contributed by atoms with Crippen LogP contribution in [0.15, 0.2) is 18.2 Å². The van der Waals surface area contributed by atoms with E-state index in [1.807, 2.05) is 0 Å². The Kier molecular flexibility index (Phi) is 4.77. The second-order valence-electron chi connectivity index (χ2n) is 6.54. The molecule has 21 heavy (non-hydrogen) atoms. The molecule has 116 valence electrons. The van der Waals surface area contributed by atoms with E-state index in [1.54, 1.807) is 32.9 Å². The molecule has 1 saturated carbocycles. The van der Waals surface area contributed by atoms with Crippen molar-refractivity contribution < 1.29 is 13.9 Å². The number of carbonyl (C=O) groups excluding carboxylic acids is 1. The van der Waals surface area contributed by atoms with Gasteiger partial charge in [-0.05, 0) is 45.2 Å². The van der Waals surface area contributed by atoms with E-state index in [9.17, 15) is 9.18 Å². The molecule has 1 fully saturated rings. The fourth-order valence-electron chi connectivity index (χ4n) is 2.18. The molecule has 1 N–H and O–H groups in total. The quantitative estimate of drug-likeness (QED) is 0.863. The second-order valence-corrected chi connectivity index (χ2v) is 6.98. The molecule has 1 atom stereocenters. The molecule has 0 aromatic heterocycles. The molecule has 3 nitrogen and oxygen atoms in total. The molecule has 1 aliphatic carbocycles. The van der Waals surface area contributed by atoms with Crippen molar-refractivity contribution in [3.8, 4) is 0 Å². The number of benzene rings is 1. The predicted octanol–water partition coefficient (Wildman–Crippen LogP) is 4.85. The van der Waals surface area contributed by atoms with E-state index < -0.39 is 17.5 Å². The van der Waals surface area contributed by atoms with Crippen LogP contribution < -0.4 is 5.32 Å². The van der Waals surface area contributed by atoms with Crippen molar-refractivity contribution in [3.05, 3.63) is 34.6 Å². The van der Waals surface area contributed by atoms with E-state index in [0.717, 1.165) is 19.3 Å². The van der Waals surface area contributed by atoms with Crippen LogP contribution in [0.3, 0.4) is 0 Å². The van der Waals surface area contributed by atoms with Gasteiger partial charge in [0.25, 0.3) is 0 Å². The highest BCUT2D eigenvalue weighted by Crippen LogP contribution is 2.38. The minimum absolute atomic E-state index is 0.346. The standard InChI is InChI=1S/C16H21ClFNO2/c1-16(2,3)21-15(20)19-14(8-10-4-5-10)12-7-6-11(17)9-13(12)18/h6-7,9-10,14H,4-5,8H2,1-3H3,(H,19,20). The lowest BCUT2D eigenvalue weighted by atomic mass is 10.0. The van der Waals surface area contributed by atoms with Crippen molar-refractivity contribution in [3.63, 3.8) is 0 Å². The van der Waals surface area contributed by atoms with E-state index in [0.29, 0.717) is 16.5 Å². The number of amides is 1. The highest BCUT2D eigenvalue weighted by atomic mass is 35.5. The third-order valence-corrected chi connectivity index (χ3v) is 3.53. The Labute approximate surface area is 129 Å². The molecule has 0 bridgehead atoms. The van der Waals surface area contributed by atoms with Crippen molar-refractivity contribution in [1.29, 1.82) is 0 Å². The summed E-state index contributed by atoms with van der Waals surface area (Å²) in [6.07, 6.45) is 2.45. The van der Waals surface area contributed by atoms with Crippen molar-refractivity contribution >= 4 is 17.7 Å². The number of carbonyl (C=O) groups is 1. The van der Waals surface area contributed by atoms with Crippen LogP contribution >= 0.6 is 11.6 Å². The van der Waals surface area contributed by atoms with Crippen LogP contribution in [0.25, 0.3) is 0 Å². The molecule has 0 spiro atoms. The van der Waals surface area contributed by atoms with Crippen molar-refractivity contribution in [2.75, 3.05) is 0 Å². The summed E-state index contributed by atoms with van der Waals surface area (Å²) in [6, 6.07) is 4.15. The van der Waals surface area contributed by atoms with E-state index in [-0.39, 0.29) is 6.04 Å². The number of hydrogen-bond acceptors (Lipinski definition) is 2. The monoisotopic (exact) mass is 313 g/mol. The number of nitrogens with one attached hydrogen (secondary N) is 1. The topological polar surface area (TPSA) is 38.3 Å². The van der Waals surface area contributed by atoms with Crippen LogP contribution in [0.5, 0.6) is 0 Å². The Morgan fingerprint density at radius 2 is 2.14 bits per heavy atom. The summed E-state index contributed by atoms with van der Waals surface area (Å²) in [6.45, 7) is 5.39. The molecule has 0 heterocycles. The van der Waals surface area contributed by atoms with Gasteiger partial charge in [-0.15, -0.1) is 0 Å². The Hall–Kier alpha value is -1.29. The van der Waals surface area contributed by atoms with Crippen molar-refractivity contribution in [2.24, 2.45) is 5.92 Å². The largest absolute Gasteiger partial charge is 0.444 e. The van der Waals surface area contributed by atoms with Gasteiger partial charge in [0, 0.05) is 10.6 Å². The van der Waals surface area contributed by atoms with Crippen molar-refractivity contribution in [1.82, 2.24) is 5.32 Å². The predicted molar refractivity (Wildman–Crippen MR) is 80.9 cm³/mol. The molecule has 1 aromatic carbocycles. The van der Waals surface area contributed by atoms with Crippen LogP contribution in [-0.2, 0) is 4.74 Å². The fraction of sp³-hybridized carbons (Fsp3) is 0.562. The van der Waals surface area contributed by atoms with E-state index in [1.165, 1.54) is 6.07 Å². The van der Waals surface area contributed by atoms with Gasteiger partial charge in [-0.25, -0.2) is 9.18 Å². The smallest absolute Gasteiger partial charge is 0.408 e. The number of alkyl carbamates (subject to hydrolysis) is 1. The molecule has 1 unspecified atom stereocenters. The van der Waals surface area contributed by atoms with Crippen LogP contribution in [0, 0.1) is 11.7 Å². The highest BCUT2D eigenvalue weighted by molar-refractivity contribution is 6.30. The maximum absolute atomic E-state index is 14.1. The second kappa shape index (κ2) is 6.22. The molecular weight excluding hydrogens is 293 g/mol. The number of rotatable bonds is 4. The summed E-state index contributed by atoms with van der Waals surface area (Å²) in [5.41, 5.74) is -0.121. The molecular formula is C16H21ClFNO2. The molecule has 0 aliphatic heterocycles. The summed E-state index contributed by atoms with van der Waals surface area (Å²) in [7, 11) is 0. The van der Waals surface area contributed by atoms with Crippen LogP contribution in [0.1, 0.15) is 51.6 Å². The molecule has 2 rings (SSSR count). The summed E-state index contributed by atoms with van der Waals surface area (Å²) in [4.78, 5) is 11.9. The lowest BCUT2D eigenvalue weighted by Crippen LogP contribution is -2.35. The first kappa shape index (κ1) is 16.1. The highest BCUT2D eigenvalue weighted by Gasteiger charge is 2.29. The number of ether oxygens (including phenoxy) is 1. The summed E-state index contributed by atoms with van der Waals surface area (Å²) in [5.74, 6) is 0.143. The lowest BCUT2D eigenvalue weighted by Gasteiger charge is -2.24. The van der Waals surface area contributed by atoms with E-state index in [2.05, 4.69) is 5.32 Å². The van der Waals surface area contributed by atoms with Gasteiger partial charge in [-0.1, -0.05) is 30.5 Å². The van der Waals surface area contributed by atoms with Crippen LogP contribution in [0.4, 0.5) is 9.18 Å². The third-order valence-electron chi connectivity index (χ3n) is 3.29. The van der Waals surface area contributed by atoms with Gasteiger partial charge < -0.3 is 10.1 Å². The summed E-state index contributed by atoms with van der Waals surface area (Å²) >= 11 is 5.78. The molecule has 0 saturated heterocycles. The summed E-state index contributed by atoms with van der Waals surface area (Å²) < 4.78 is 19.3. The van der Waals surface area contributed by atoms with Gasteiger partial charge in [-0.2, -0.15) is 0 Å². The van der Waals surface area contributed by atoms with Gasteiger partial charge in [-0.3, -0.25) is 0 Å². The number of halogens is 2. The molecule has 1 aliphatic rings. The zero-order valence-corrected chi connectivity index (χ0v) is 13.3. The van der Waals surface area contributed by atoms with E-state index >= 15 is 0 Å². The fourth-order valence-corrected chi connectivity index (χ4v) is 2.34. The Balaban J connectivity index is 2.12. The maximum Gasteiger partial charge on any atom is 0.408 e. The maximum atomic E-state index is 14.1. The third kappa shape index (κ3) is 5.20. The first-order valence-electron chi connectivity index (χ1n) is 7.19. The minimum Gasteiger partial charge on any atom is -0.444 e. The Morgan fingerprint density at radius 1 is 1.48 bits per heavy atom. The molecule has 0 radical (unpaired) electrons. The first-order chi connectivity index (χ1) is 9.74. The first-order valence-corrected chi connectivity index (χ1v) is 7.57. The Morgan fingerprint density at radius 3 is 2.67 bits per heavy atom. The SMILES string of the molecule is CC(C)(C)OC(=O)NC(CC1CC1)c1ccc(Cl)cc1F. The minimum atomic E-state index is -0.577. The normalized spacial score (nSPS) is 16.4. The lowest BCUT2D eigenvalue weighted by molar-refractivity contribution is 0.0499. The molecule has 1 amide bonds. The van der Waals surface area contributed by atoms with Gasteiger partial charge in [0.1, 0.15) is 11.4 Å². The van der Waals surface area contributed by atoms with Crippen molar-refractivity contribution in [2.45, 2.75) is 51.7 Å². The molecule has 1 aromatic rings. The van der Waals surface area contributed by atoms with Gasteiger partial charge >= 0.3 is 6.09 Å². The summed E-state index contributed by atoms with van der Waals surface area (Å²) in [5, 5.41) is 3.12. The van der Waals surface area contributed by atoms with Gasteiger partial charge in [0.15, 0.2) is 0 Å². The molecule has 5 heteroatoms. The van der Waals surface area contributed by atoms with Crippen LogP contribution in [-0.4, -0.2) is 11.7 Å².